The molecule has 0 aliphatic carbocycles. The number of aryl methyl sites for hydroxylation is 1. The molecule has 0 saturated heterocycles. The summed E-state index contributed by atoms with van der Waals surface area (Å²) in [4.78, 5) is 14.4. The summed E-state index contributed by atoms with van der Waals surface area (Å²) in [5, 5.41) is 11.4. The molecule has 0 amide bonds. The largest absolute Gasteiger partial charge is 0.344 e. The first-order valence-electron chi connectivity index (χ1n) is 7.92. The maximum absolute atomic E-state index is 11.7. The molecular weight excluding hydrogens is 338 g/mol. The van der Waals surface area contributed by atoms with Crippen LogP contribution in [0, 0.1) is 0 Å². The van der Waals surface area contributed by atoms with Gasteiger partial charge in [-0.1, -0.05) is 54.1 Å². The van der Waals surface area contributed by atoms with E-state index in [1.165, 1.54) is 4.68 Å². The molecule has 2 heterocycles. The molecule has 0 radical (unpaired) electrons. The van der Waals surface area contributed by atoms with Gasteiger partial charge in [0.05, 0.1) is 12.3 Å². The van der Waals surface area contributed by atoms with Crippen LogP contribution in [0.2, 0.25) is 5.02 Å². The third kappa shape index (κ3) is 2.96. The molecule has 0 bridgehead atoms. The second kappa shape index (κ2) is 6.22. The van der Waals surface area contributed by atoms with Crippen LogP contribution in [0.1, 0.15) is 17.0 Å². The summed E-state index contributed by atoms with van der Waals surface area (Å²) in [6.45, 7) is 0.606. The molecule has 1 aromatic heterocycles. The highest BCUT2D eigenvalue weighted by molar-refractivity contribution is 6.30. The van der Waals surface area contributed by atoms with E-state index in [9.17, 15) is 4.79 Å². The molecule has 126 valence electrons. The SMILES string of the molecule is Cn1nc(N2C[C@@H](c3ccccc3)C(c3ccc(Cl)cc3)=N2)[nH]c1=O. The smallest absolute Gasteiger partial charge is 0.274 e. The minimum Gasteiger partial charge on any atom is -0.274 e. The van der Waals surface area contributed by atoms with E-state index in [0.717, 1.165) is 16.8 Å². The number of hydrazone groups is 1. The molecule has 1 N–H and O–H groups in total. The second-order valence-electron chi connectivity index (χ2n) is 5.91. The normalized spacial score (nSPS) is 17.0. The first-order valence-corrected chi connectivity index (χ1v) is 8.30. The maximum atomic E-state index is 11.7. The van der Waals surface area contributed by atoms with E-state index in [1.807, 2.05) is 42.5 Å². The van der Waals surface area contributed by atoms with Crippen LogP contribution in [0.5, 0.6) is 0 Å². The number of anilines is 1. The number of aromatic amines is 1. The molecule has 1 aliphatic heterocycles. The number of hydrogen-bond acceptors (Lipinski definition) is 4. The van der Waals surface area contributed by atoms with Gasteiger partial charge in [-0.2, -0.15) is 5.10 Å². The van der Waals surface area contributed by atoms with Crippen LogP contribution in [0.3, 0.4) is 0 Å². The van der Waals surface area contributed by atoms with Gasteiger partial charge in [-0.25, -0.2) is 14.5 Å². The molecule has 4 rings (SSSR count). The molecule has 3 aromatic rings. The maximum Gasteiger partial charge on any atom is 0.344 e. The molecule has 1 atom stereocenters. The standard InChI is InChI=1S/C18H16ClN5O/c1-23-18(25)20-17(22-23)24-11-15(12-5-3-2-4-6-12)16(21-24)13-7-9-14(19)10-8-13/h2-10,15H,11H2,1H3,(H,20,22,25)/t15-/m0/s1. The Morgan fingerprint density at radius 3 is 2.48 bits per heavy atom. The van der Waals surface area contributed by atoms with Gasteiger partial charge in [0.15, 0.2) is 0 Å². The first-order chi connectivity index (χ1) is 12.1. The van der Waals surface area contributed by atoms with Crippen LogP contribution in [0.4, 0.5) is 5.95 Å². The molecule has 0 spiro atoms. The van der Waals surface area contributed by atoms with Gasteiger partial charge < -0.3 is 0 Å². The average molecular weight is 354 g/mol. The summed E-state index contributed by atoms with van der Waals surface area (Å²) >= 11 is 6.01. The van der Waals surface area contributed by atoms with Crippen LogP contribution in [0.25, 0.3) is 0 Å². The van der Waals surface area contributed by atoms with Gasteiger partial charge in [-0.05, 0) is 23.3 Å². The monoisotopic (exact) mass is 353 g/mol. The highest BCUT2D eigenvalue weighted by atomic mass is 35.5. The van der Waals surface area contributed by atoms with Gasteiger partial charge in [0, 0.05) is 18.0 Å². The predicted molar refractivity (Wildman–Crippen MR) is 98.3 cm³/mol. The van der Waals surface area contributed by atoms with Crippen LogP contribution in [-0.2, 0) is 7.05 Å². The third-order valence-electron chi connectivity index (χ3n) is 4.26. The van der Waals surface area contributed by atoms with Crippen LogP contribution in [0.15, 0.2) is 64.5 Å². The number of nitrogens with one attached hydrogen (secondary N) is 1. The lowest BCUT2D eigenvalue weighted by molar-refractivity contribution is 0.723. The first kappa shape index (κ1) is 15.7. The van der Waals surface area contributed by atoms with Crippen molar-refractivity contribution in [1.29, 1.82) is 0 Å². The molecule has 0 fully saturated rings. The topological polar surface area (TPSA) is 66.3 Å². The van der Waals surface area contributed by atoms with E-state index in [2.05, 4.69) is 22.2 Å². The van der Waals surface area contributed by atoms with Crippen LogP contribution >= 0.6 is 11.6 Å². The Labute approximate surface area is 149 Å². The Kier molecular flexibility index (Phi) is 3.89. The number of halogens is 1. The lowest BCUT2D eigenvalue weighted by Gasteiger charge is -2.14. The van der Waals surface area contributed by atoms with Gasteiger partial charge in [0.1, 0.15) is 0 Å². The van der Waals surface area contributed by atoms with Crippen molar-refractivity contribution in [1.82, 2.24) is 14.8 Å². The van der Waals surface area contributed by atoms with Crippen molar-refractivity contribution < 1.29 is 0 Å². The Hall–Kier alpha value is -2.86. The fourth-order valence-corrected chi connectivity index (χ4v) is 3.09. The van der Waals surface area contributed by atoms with Crippen molar-refractivity contribution in [2.24, 2.45) is 12.1 Å². The lowest BCUT2D eigenvalue weighted by atomic mass is 9.91. The molecule has 2 aromatic carbocycles. The Morgan fingerprint density at radius 1 is 1.12 bits per heavy atom. The minimum absolute atomic E-state index is 0.0767. The zero-order chi connectivity index (χ0) is 17.4. The lowest BCUT2D eigenvalue weighted by Crippen LogP contribution is -2.19. The second-order valence-corrected chi connectivity index (χ2v) is 6.35. The van der Waals surface area contributed by atoms with Crippen molar-refractivity contribution in [3.05, 3.63) is 81.2 Å². The van der Waals surface area contributed by atoms with E-state index < -0.39 is 0 Å². The minimum atomic E-state index is -0.263. The van der Waals surface area contributed by atoms with Gasteiger partial charge in [0.25, 0.3) is 0 Å². The summed E-state index contributed by atoms with van der Waals surface area (Å²) in [6, 6.07) is 17.8. The Morgan fingerprint density at radius 2 is 1.84 bits per heavy atom. The number of rotatable bonds is 3. The van der Waals surface area contributed by atoms with E-state index >= 15 is 0 Å². The summed E-state index contributed by atoms with van der Waals surface area (Å²) in [5.74, 6) is 0.519. The number of benzene rings is 2. The molecule has 0 unspecified atom stereocenters. The third-order valence-corrected chi connectivity index (χ3v) is 4.51. The van der Waals surface area contributed by atoms with Gasteiger partial charge in [-0.3, -0.25) is 4.98 Å². The molecule has 25 heavy (non-hydrogen) atoms. The van der Waals surface area contributed by atoms with Gasteiger partial charge in [-0.15, -0.1) is 5.10 Å². The molecule has 7 heteroatoms. The summed E-state index contributed by atoms with van der Waals surface area (Å²) in [5.41, 5.74) is 2.83. The van der Waals surface area contributed by atoms with Crippen molar-refractivity contribution in [2.75, 3.05) is 11.6 Å². The zero-order valence-corrected chi connectivity index (χ0v) is 14.3. The number of H-pyrrole nitrogens is 1. The van der Waals surface area contributed by atoms with Crippen molar-refractivity contribution >= 4 is 23.3 Å². The van der Waals surface area contributed by atoms with Gasteiger partial charge in [0.2, 0.25) is 5.95 Å². The van der Waals surface area contributed by atoms with E-state index in [-0.39, 0.29) is 11.6 Å². The number of aromatic nitrogens is 3. The van der Waals surface area contributed by atoms with E-state index in [0.29, 0.717) is 17.5 Å². The molecule has 6 nitrogen and oxygen atoms in total. The molecule has 1 aliphatic rings. The summed E-state index contributed by atoms with van der Waals surface area (Å²) < 4.78 is 1.27. The number of hydrogen-bond donors (Lipinski definition) is 1. The van der Waals surface area contributed by atoms with Gasteiger partial charge >= 0.3 is 5.69 Å². The van der Waals surface area contributed by atoms with Crippen molar-refractivity contribution in [3.63, 3.8) is 0 Å². The highest BCUT2D eigenvalue weighted by Gasteiger charge is 2.31. The summed E-state index contributed by atoms with van der Waals surface area (Å²) in [7, 11) is 1.61. The fraction of sp³-hybridized carbons (Fsp3) is 0.167. The fourth-order valence-electron chi connectivity index (χ4n) is 2.97. The summed E-state index contributed by atoms with van der Waals surface area (Å²) in [6.07, 6.45) is 0. The quantitative estimate of drug-likeness (QED) is 0.787. The van der Waals surface area contributed by atoms with E-state index in [1.54, 1.807) is 12.1 Å². The predicted octanol–water partition coefficient (Wildman–Crippen LogP) is 2.77. The van der Waals surface area contributed by atoms with E-state index in [4.69, 9.17) is 16.7 Å². The van der Waals surface area contributed by atoms with Crippen molar-refractivity contribution in [3.8, 4) is 0 Å². The molecule has 0 saturated carbocycles. The van der Waals surface area contributed by atoms with Crippen LogP contribution in [-0.4, -0.2) is 27.0 Å². The zero-order valence-electron chi connectivity index (χ0n) is 13.6. The van der Waals surface area contributed by atoms with Crippen LogP contribution < -0.4 is 10.7 Å². The molecular formula is C18H16ClN5O. The highest BCUT2D eigenvalue weighted by Crippen LogP contribution is 2.30. The van der Waals surface area contributed by atoms with Crippen molar-refractivity contribution in [2.45, 2.75) is 5.92 Å². The number of nitrogens with zero attached hydrogens (tertiary/aromatic N) is 4. The average Bonchev–Trinajstić information content (AvgIpc) is 3.21. The Balaban J connectivity index is 1.77. The Bertz CT molecular complexity index is 975.